The van der Waals surface area contributed by atoms with Gasteiger partial charge in [0.1, 0.15) is 5.69 Å². The number of aryl methyl sites for hydroxylation is 1. The van der Waals surface area contributed by atoms with Crippen LogP contribution in [0.15, 0.2) is 64.0 Å². The van der Waals surface area contributed by atoms with Crippen LogP contribution in [-0.2, 0) is 14.8 Å². The molecule has 158 valence electrons. The van der Waals surface area contributed by atoms with Crippen molar-refractivity contribution >= 4 is 21.6 Å². The summed E-state index contributed by atoms with van der Waals surface area (Å²) in [6, 6.07) is 14.7. The maximum atomic E-state index is 12.4. The van der Waals surface area contributed by atoms with Gasteiger partial charge < -0.3 is 14.6 Å². The van der Waals surface area contributed by atoms with Crippen LogP contribution in [0.4, 0.5) is 5.69 Å². The minimum absolute atomic E-state index is 0.0531. The van der Waals surface area contributed by atoms with Crippen LogP contribution in [0.1, 0.15) is 23.0 Å². The lowest BCUT2D eigenvalue weighted by molar-refractivity contribution is 0.0988. The van der Waals surface area contributed by atoms with E-state index in [-0.39, 0.29) is 23.3 Å². The van der Waals surface area contributed by atoms with Gasteiger partial charge in [0.2, 0.25) is 15.8 Å². The van der Waals surface area contributed by atoms with Crippen molar-refractivity contribution in [1.29, 1.82) is 0 Å². The fraction of sp³-hybridized carbons (Fsp3) is 0.238. The first kappa shape index (κ1) is 21.7. The number of hydrogen-bond acceptors (Lipinski definition) is 6. The average molecular weight is 429 g/mol. The highest BCUT2D eigenvalue weighted by Crippen LogP contribution is 2.21. The summed E-state index contributed by atoms with van der Waals surface area (Å²) in [6.45, 7) is 3.95. The SMILES string of the molecule is COCC(C)NS(=O)(=O)c1ccc(NC(=O)c2cc(-c3ccc(C)cc3)no2)cc1. The highest BCUT2D eigenvalue weighted by molar-refractivity contribution is 7.89. The number of anilines is 1. The monoisotopic (exact) mass is 429 g/mol. The maximum Gasteiger partial charge on any atom is 0.294 e. The van der Waals surface area contributed by atoms with Gasteiger partial charge in [0.05, 0.1) is 11.5 Å². The Morgan fingerprint density at radius 1 is 1.13 bits per heavy atom. The molecule has 1 atom stereocenters. The van der Waals surface area contributed by atoms with Gasteiger partial charge in [0, 0.05) is 30.5 Å². The first-order valence-electron chi connectivity index (χ1n) is 9.25. The molecule has 3 aromatic rings. The van der Waals surface area contributed by atoms with Gasteiger partial charge in [-0.2, -0.15) is 0 Å². The normalized spacial score (nSPS) is 12.5. The Kier molecular flexibility index (Phi) is 6.66. The van der Waals surface area contributed by atoms with Crippen LogP contribution in [0.3, 0.4) is 0 Å². The average Bonchev–Trinajstić information content (AvgIpc) is 3.19. The van der Waals surface area contributed by atoms with Gasteiger partial charge in [-0.3, -0.25) is 4.79 Å². The first-order chi connectivity index (χ1) is 14.3. The number of nitrogens with zero attached hydrogens (tertiary/aromatic N) is 1. The van der Waals surface area contributed by atoms with E-state index in [0.29, 0.717) is 11.4 Å². The van der Waals surface area contributed by atoms with Crippen LogP contribution in [0.5, 0.6) is 0 Å². The van der Waals surface area contributed by atoms with Crippen molar-refractivity contribution in [2.75, 3.05) is 19.0 Å². The minimum Gasteiger partial charge on any atom is -0.383 e. The number of carbonyl (C=O) groups excluding carboxylic acids is 1. The number of nitrogens with one attached hydrogen (secondary N) is 2. The third-order valence-electron chi connectivity index (χ3n) is 4.28. The molecule has 0 aliphatic carbocycles. The van der Waals surface area contributed by atoms with Crippen LogP contribution < -0.4 is 10.0 Å². The number of carbonyl (C=O) groups is 1. The summed E-state index contributed by atoms with van der Waals surface area (Å²) in [5.41, 5.74) is 2.94. The molecule has 0 saturated heterocycles. The molecule has 3 rings (SSSR count). The Bertz CT molecular complexity index is 1110. The van der Waals surface area contributed by atoms with Gasteiger partial charge in [0.15, 0.2) is 0 Å². The fourth-order valence-electron chi connectivity index (χ4n) is 2.77. The van der Waals surface area contributed by atoms with Crippen molar-refractivity contribution in [3.63, 3.8) is 0 Å². The van der Waals surface area contributed by atoms with Crippen molar-refractivity contribution in [2.45, 2.75) is 24.8 Å². The van der Waals surface area contributed by atoms with E-state index < -0.39 is 15.9 Å². The van der Waals surface area contributed by atoms with Crippen molar-refractivity contribution in [1.82, 2.24) is 9.88 Å². The van der Waals surface area contributed by atoms with Crippen LogP contribution in [0.2, 0.25) is 0 Å². The summed E-state index contributed by atoms with van der Waals surface area (Å²) in [4.78, 5) is 12.5. The molecule has 0 radical (unpaired) electrons. The summed E-state index contributed by atoms with van der Waals surface area (Å²) in [6.07, 6.45) is 0. The summed E-state index contributed by atoms with van der Waals surface area (Å²) < 4.78 is 37.3. The zero-order valence-corrected chi connectivity index (χ0v) is 17.7. The molecule has 1 aromatic heterocycles. The molecule has 0 saturated carbocycles. The second-order valence-corrected chi connectivity index (χ2v) is 8.61. The zero-order valence-electron chi connectivity index (χ0n) is 16.9. The van der Waals surface area contributed by atoms with Gasteiger partial charge in [-0.1, -0.05) is 35.0 Å². The van der Waals surface area contributed by atoms with Gasteiger partial charge >= 0.3 is 0 Å². The molecule has 0 bridgehead atoms. The summed E-state index contributed by atoms with van der Waals surface area (Å²) in [5.74, 6) is -0.430. The molecule has 2 aromatic carbocycles. The minimum atomic E-state index is -3.68. The van der Waals surface area contributed by atoms with Crippen LogP contribution in [0.25, 0.3) is 11.3 Å². The number of benzene rings is 2. The third kappa shape index (κ3) is 5.32. The fourth-order valence-corrected chi connectivity index (χ4v) is 4.00. The van der Waals surface area contributed by atoms with E-state index in [1.807, 2.05) is 31.2 Å². The van der Waals surface area contributed by atoms with Crippen molar-refractivity contribution in [3.05, 3.63) is 65.9 Å². The smallest absolute Gasteiger partial charge is 0.294 e. The Morgan fingerprint density at radius 3 is 2.43 bits per heavy atom. The predicted molar refractivity (Wildman–Crippen MR) is 113 cm³/mol. The Balaban J connectivity index is 1.67. The maximum absolute atomic E-state index is 12.4. The summed E-state index contributed by atoms with van der Waals surface area (Å²) >= 11 is 0. The van der Waals surface area contributed by atoms with E-state index in [9.17, 15) is 13.2 Å². The van der Waals surface area contributed by atoms with Gasteiger partial charge in [-0.25, -0.2) is 13.1 Å². The molecule has 8 nitrogen and oxygen atoms in total. The van der Waals surface area contributed by atoms with E-state index in [1.54, 1.807) is 13.0 Å². The van der Waals surface area contributed by atoms with E-state index in [4.69, 9.17) is 9.26 Å². The van der Waals surface area contributed by atoms with Crippen LogP contribution in [-0.4, -0.2) is 39.2 Å². The lowest BCUT2D eigenvalue weighted by Crippen LogP contribution is -2.35. The van der Waals surface area contributed by atoms with Crippen molar-refractivity contribution in [2.24, 2.45) is 0 Å². The number of aromatic nitrogens is 1. The number of amides is 1. The molecular formula is C21H23N3O5S. The van der Waals surface area contributed by atoms with E-state index in [0.717, 1.165) is 11.1 Å². The highest BCUT2D eigenvalue weighted by Gasteiger charge is 2.18. The largest absolute Gasteiger partial charge is 0.383 e. The van der Waals surface area contributed by atoms with Gasteiger partial charge in [-0.15, -0.1) is 0 Å². The topological polar surface area (TPSA) is 111 Å². The highest BCUT2D eigenvalue weighted by atomic mass is 32.2. The van der Waals surface area contributed by atoms with E-state index >= 15 is 0 Å². The summed E-state index contributed by atoms with van der Waals surface area (Å²) in [5, 5.41) is 6.60. The quantitative estimate of drug-likeness (QED) is 0.569. The van der Waals surface area contributed by atoms with Crippen LogP contribution in [0, 0.1) is 6.92 Å². The lowest BCUT2D eigenvalue weighted by atomic mass is 10.1. The summed E-state index contributed by atoms with van der Waals surface area (Å²) in [7, 11) is -2.18. The Hall–Kier alpha value is -3.01. The standard InChI is InChI=1S/C21H23N3O5S/c1-14-4-6-16(7-5-14)19-12-20(29-23-19)21(25)22-17-8-10-18(11-9-17)30(26,27)24-15(2)13-28-3/h4-12,15,24H,13H2,1-3H3,(H,22,25). The second-order valence-electron chi connectivity index (χ2n) is 6.90. The van der Waals surface area contributed by atoms with Crippen molar-refractivity contribution < 1.29 is 22.5 Å². The molecule has 1 heterocycles. The molecule has 9 heteroatoms. The van der Waals surface area contributed by atoms with E-state index in [1.165, 1.54) is 31.4 Å². The van der Waals surface area contributed by atoms with E-state index in [2.05, 4.69) is 15.2 Å². The molecule has 2 N–H and O–H groups in total. The second kappa shape index (κ2) is 9.21. The van der Waals surface area contributed by atoms with Gasteiger partial charge in [0.25, 0.3) is 5.91 Å². The number of rotatable bonds is 8. The third-order valence-corrected chi connectivity index (χ3v) is 5.88. The Morgan fingerprint density at radius 2 is 1.80 bits per heavy atom. The predicted octanol–water partition coefficient (Wildman–Crippen LogP) is 3.22. The molecule has 0 aliphatic rings. The molecule has 1 unspecified atom stereocenters. The van der Waals surface area contributed by atoms with Crippen LogP contribution >= 0.6 is 0 Å². The Labute approximate surface area is 175 Å². The van der Waals surface area contributed by atoms with Gasteiger partial charge in [-0.05, 0) is 38.1 Å². The molecular weight excluding hydrogens is 406 g/mol. The number of ether oxygens (including phenoxy) is 1. The first-order valence-corrected chi connectivity index (χ1v) is 10.7. The number of hydrogen-bond donors (Lipinski definition) is 2. The molecule has 0 spiro atoms. The van der Waals surface area contributed by atoms with Crippen molar-refractivity contribution in [3.8, 4) is 11.3 Å². The molecule has 1 amide bonds. The molecule has 30 heavy (non-hydrogen) atoms. The lowest BCUT2D eigenvalue weighted by Gasteiger charge is -2.13. The number of sulfonamides is 1. The molecule has 0 aliphatic heterocycles. The number of methoxy groups -OCH3 is 1. The molecule has 0 fully saturated rings. The zero-order chi connectivity index (χ0) is 21.7.